The predicted molar refractivity (Wildman–Crippen MR) is 76.5 cm³/mol. The zero-order valence-electron chi connectivity index (χ0n) is 11.7. The van der Waals surface area contributed by atoms with Crippen molar-refractivity contribution < 1.29 is 9.53 Å². The Balaban J connectivity index is 1.96. The van der Waals surface area contributed by atoms with Crippen LogP contribution in [0.15, 0.2) is 24.3 Å². The average Bonchev–Trinajstić information content (AvgIpc) is 2.39. The molecular weight excluding hydrogens is 240 g/mol. The van der Waals surface area contributed by atoms with Crippen LogP contribution in [0.3, 0.4) is 0 Å². The lowest BCUT2D eigenvalue weighted by molar-refractivity contribution is -0.121. The van der Waals surface area contributed by atoms with E-state index in [1.165, 1.54) is 0 Å². The smallest absolute Gasteiger partial charge is 0.228 e. The molecule has 1 aromatic rings. The van der Waals surface area contributed by atoms with E-state index in [9.17, 15) is 4.79 Å². The van der Waals surface area contributed by atoms with Gasteiger partial charge in [0.1, 0.15) is 5.75 Å². The van der Waals surface area contributed by atoms with Crippen molar-refractivity contribution in [2.24, 2.45) is 5.92 Å². The third-order valence-electron chi connectivity index (χ3n) is 3.41. The quantitative estimate of drug-likeness (QED) is 0.905. The second-order valence-electron chi connectivity index (χ2n) is 5.05. The SMILES string of the molecule is CCOc1cccc(NC(=O)[C@@H]2CCCN(C)C2)c1. The Kier molecular flexibility index (Phi) is 4.80. The number of hydrogen-bond donors (Lipinski definition) is 1. The minimum atomic E-state index is 0.0921. The van der Waals surface area contributed by atoms with Gasteiger partial charge in [-0.05, 0) is 45.5 Å². The third-order valence-corrected chi connectivity index (χ3v) is 3.41. The molecule has 1 aromatic carbocycles. The zero-order valence-corrected chi connectivity index (χ0v) is 11.7. The molecule has 0 spiro atoms. The standard InChI is InChI=1S/C15H22N2O2/c1-3-19-14-8-4-7-13(10-14)16-15(18)12-6-5-9-17(2)11-12/h4,7-8,10,12H,3,5-6,9,11H2,1-2H3,(H,16,18)/t12-/m1/s1. The second-order valence-corrected chi connectivity index (χ2v) is 5.05. The number of carbonyl (C=O) groups excluding carboxylic acids is 1. The van der Waals surface area contributed by atoms with Crippen molar-refractivity contribution in [2.75, 3.05) is 32.1 Å². The van der Waals surface area contributed by atoms with Crippen molar-refractivity contribution in [3.05, 3.63) is 24.3 Å². The first-order valence-corrected chi connectivity index (χ1v) is 6.91. The summed E-state index contributed by atoms with van der Waals surface area (Å²) in [6.45, 7) is 4.51. The summed E-state index contributed by atoms with van der Waals surface area (Å²) in [4.78, 5) is 14.4. The maximum Gasteiger partial charge on any atom is 0.228 e. The summed E-state index contributed by atoms with van der Waals surface area (Å²) < 4.78 is 5.43. The highest BCUT2D eigenvalue weighted by molar-refractivity contribution is 5.92. The minimum absolute atomic E-state index is 0.0921. The van der Waals surface area contributed by atoms with E-state index in [0.717, 1.165) is 37.4 Å². The second kappa shape index (κ2) is 6.57. The Morgan fingerprint density at radius 1 is 1.53 bits per heavy atom. The first kappa shape index (κ1) is 13.9. The van der Waals surface area contributed by atoms with Crippen LogP contribution in [0.5, 0.6) is 5.75 Å². The van der Waals surface area contributed by atoms with E-state index in [0.29, 0.717) is 6.61 Å². The van der Waals surface area contributed by atoms with Crippen molar-refractivity contribution in [3.63, 3.8) is 0 Å². The number of piperidine rings is 1. The number of amides is 1. The predicted octanol–water partition coefficient (Wildman–Crippen LogP) is 2.37. The van der Waals surface area contributed by atoms with Gasteiger partial charge in [-0.25, -0.2) is 0 Å². The van der Waals surface area contributed by atoms with Gasteiger partial charge in [-0.1, -0.05) is 6.07 Å². The molecule has 0 radical (unpaired) electrons. The lowest BCUT2D eigenvalue weighted by Crippen LogP contribution is -2.38. The number of nitrogens with zero attached hydrogens (tertiary/aromatic N) is 1. The van der Waals surface area contributed by atoms with Crippen LogP contribution in [0.4, 0.5) is 5.69 Å². The maximum atomic E-state index is 12.2. The molecule has 0 bridgehead atoms. The summed E-state index contributed by atoms with van der Waals surface area (Å²) in [6.07, 6.45) is 2.06. The van der Waals surface area contributed by atoms with Crippen LogP contribution in [0.25, 0.3) is 0 Å². The van der Waals surface area contributed by atoms with E-state index in [1.807, 2.05) is 31.2 Å². The van der Waals surface area contributed by atoms with Gasteiger partial charge in [0, 0.05) is 18.3 Å². The summed E-state index contributed by atoms with van der Waals surface area (Å²) in [5.41, 5.74) is 0.809. The molecule has 1 fully saturated rings. The highest BCUT2D eigenvalue weighted by atomic mass is 16.5. The fourth-order valence-electron chi connectivity index (χ4n) is 2.46. The number of carbonyl (C=O) groups is 1. The van der Waals surface area contributed by atoms with Crippen molar-refractivity contribution in [1.82, 2.24) is 4.90 Å². The summed E-state index contributed by atoms with van der Waals surface area (Å²) in [7, 11) is 2.06. The van der Waals surface area contributed by atoms with Crippen LogP contribution in [0.2, 0.25) is 0 Å². The van der Waals surface area contributed by atoms with Gasteiger partial charge >= 0.3 is 0 Å². The molecule has 1 amide bonds. The van der Waals surface area contributed by atoms with Crippen LogP contribution < -0.4 is 10.1 Å². The van der Waals surface area contributed by atoms with Crippen LogP contribution >= 0.6 is 0 Å². The van der Waals surface area contributed by atoms with Gasteiger partial charge in [-0.15, -0.1) is 0 Å². The summed E-state index contributed by atoms with van der Waals surface area (Å²) in [5, 5.41) is 2.99. The molecule has 1 heterocycles. The molecule has 1 aliphatic rings. The Labute approximate surface area is 114 Å². The maximum absolute atomic E-state index is 12.2. The van der Waals surface area contributed by atoms with Gasteiger partial charge in [-0.2, -0.15) is 0 Å². The van der Waals surface area contributed by atoms with Gasteiger partial charge in [0.15, 0.2) is 0 Å². The molecule has 0 unspecified atom stereocenters. The van der Waals surface area contributed by atoms with E-state index in [4.69, 9.17) is 4.74 Å². The van der Waals surface area contributed by atoms with Crippen molar-refractivity contribution >= 4 is 11.6 Å². The van der Waals surface area contributed by atoms with Crippen LogP contribution in [0.1, 0.15) is 19.8 Å². The fraction of sp³-hybridized carbons (Fsp3) is 0.533. The van der Waals surface area contributed by atoms with E-state index in [1.54, 1.807) is 0 Å². The molecule has 104 valence electrons. The topological polar surface area (TPSA) is 41.6 Å². The summed E-state index contributed by atoms with van der Waals surface area (Å²) in [6, 6.07) is 7.56. The van der Waals surface area contributed by atoms with Crippen LogP contribution in [-0.4, -0.2) is 37.6 Å². The van der Waals surface area contributed by atoms with E-state index >= 15 is 0 Å². The average molecular weight is 262 g/mol. The minimum Gasteiger partial charge on any atom is -0.494 e. The molecule has 1 N–H and O–H groups in total. The molecule has 0 aliphatic carbocycles. The van der Waals surface area contributed by atoms with Crippen LogP contribution in [-0.2, 0) is 4.79 Å². The van der Waals surface area contributed by atoms with E-state index in [-0.39, 0.29) is 11.8 Å². The van der Waals surface area contributed by atoms with Crippen molar-refractivity contribution in [1.29, 1.82) is 0 Å². The molecular formula is C15H22N2O2. The molecule has 2 rings (SSSR count). The summed E-state index contributed by atoms with van der Waals surface area (Å²) >= 11 is 0. The van der Waals surface area contributed by atoms with Gasteiger partial charge in [0.05, 0.1) is 12.5 Å². The van der Waals surface area contributed by atoms with E-state index < -0.39 is 0 Å². The molecule has 1 atom stereocenters. The largest absolute Gasteiger partial charge is 0.494 e. The number of nitrogens with one attached hydrogen (secondary N) is 1. The molecule has 1 saturated heterocycles. The third kappa shape index (κ3) is 3.96. The van der Waals surface area contributed by atoms with Gasteiger partial charge < -0.3 is 15.0 Å². The molecule has 0 aromatic heterocycles. The Morgan fingerprint density at radius 3 is 3.11 bits per heavy atom. The summed E-state index contributed by atoms with van der Waals surface area (Å²) in [5.74, 6) is 0.996. The molecule has 4 heteroatoms. The fourth-order valence-corrected chi connectivity index (χ4v) is 2.46. The first-order valence-electron chi connectivity index (χ1n) is 6.91. The molecule has 0 saturated carbocycles. The first-order chi connectivity index (χ1) is 9.19. The number of benzene rings is 1. The normalized spacial score (nSPS) is 20.0. The Hall–Kier alpha value is -1.55. The number of likely N-dealkylation sites (tertiary alicyclic amines) is 1. The molecule has 1 aliphatic heterocycles. The van der Waals surface area contributed by atoms with Crippen molar-refractivity contribution in [2.45, 2.75) is 19.8 Å². The van der Waals surface area contributed by atoms with Gasteiger partial charge in [0.2, 0.25) is 5.91 Å². The van der Waals surface area contributed by atoms with E-state index in [2.05, 4.69) is 17.3 Å². The molecule has 19 heavy (non-hydrogen) atoms. The van der Waals surface area contributed by atoms with Gasteiger partial charge in [0.25, 0.3) is 0 Å². The van der Waals surface area contributed by atoms with Gasteiger partial charge in [-0.3, -0.25) is 4.79 Å². The number of ether oxygens (including phenoxy) is 1. The zero-order chi connectivity index (χ0) is 13.7. The molecule has 4 nitrogen and oxygen atoms in total. The Morgan fingerprint density at radius 2 is 2.37 bits per heavy atom. The Bertz CT molecular complexity index is 434. The lowest BCUT2D eigenvalue weighted by Gasteiger charge is -2.28. The highest BCUT2D eigenvalue weighted by Gasteiger charge is 2.23. The highest BCUT2D eigenvalue weighted by Crippen LogP contribution is 2.20. The lowest BCUT2D eigenvalue weighted by atomic mass is 9.97. The number of hydrogen-bond acceptors (Lipinski definition) is 3. The number of rotatable bonds is 4. The van der Waals surface area contributed by atoms with Crippen LogP contribution in [0, 0.1) is 5.92 Å². The number of anilines is 1. The monoisotopic (exact) mass is 262 g/mol. The van der Waals surface area contributed by atoms with Crippen molar-refractivity contribution in [3.8, 4) is 5.75 Å².